The Bertz CT molecular complexity index is 1000. The second kappa shape index (κ2) is 11.2. The van der Waals surface area contributed by atoms with E-state index in [4.69, 9.17) is 25.8 Å². The molecule has 0 atom stereocenters. The van der Waals surface area contributed by atoms with E-state index in [0.29, 0.717) is 32.2 Å². The lowest BCUT2D eigenvalue weighted by Gasteiger charge is -2.13. The van der Waals surface area contributed by atoms with Crippen molar-refractivity contribution in [3.05, 3.63) is 57.0 Å². The molecule has 2 aromatic rings. The van der Waals surface area contributed by atoms with Gasteiger partial charge in [0.2, 0.25) is 0 Å². The fourth-order valence-electron chi connectivity index (χ4n) is 2.34. The number of hydrogen-bond acceptors (Lipinski definition) is 6. The van der Waals surface area contributed by atoms with E-state index in [1.807, 2.05) is 6.07 Å². The molecule has 7 nitrogen and oxygen atoms in total. The first-order valence-electron chi connectivity index (χ1n) is 8.72. The lowest BCUT2D eigenvalue weighted by molar-refractivity contribution is -0.145. The lowest BCUT2D eigenvalue weighted by atomic mass is 10.1. The highest BCUT2D eigenvalue weighted by Crippen LogP contribution is 2.37. The second-order valence-corrected chi connectivity index (χ2v) is 7.05. The number of benzene rings is 2. The molecule has 0 radical (unpaired) electrons. The smallest absolute Gasteiger partial charge is 0.344 e. The number of nitriles is 1. The third kappa shape index (κ3) is 6.51. The molecule has 0 fully saturated rings. The van der Waals surface area contributed by atoms with Gasteiger partial charge >= 0.3 is 5.97 Å². The Morgan fingerprint density at radius 2 is 1.97 bits per heavy atom. The highest BCUT2D eigenvalue weighted by Gasteiger charge is 2.15. The zero-order valence-electron chi connectivity index (χ0n) is 16.2. The summed E-state index contributed by atoms with van der Waals surface area (Å²) in [5.41, 5.74) is 0.913. The molecule has 0 saturated heterocycles. The molecule has 0 aromatic heterocycles. The molecule has 0 spiro atoms. The van der Waals surface area contributed by atoms with Gasteiger partial charge in [0.05, 0.1) is 18.2 Å². The number of anilines is 1. The van der Waals surface area contributed by atoms with Gasteiger partial charge in [-0.1, -0.05) is 11.6 Å². The minimum Gasteiger partial charge on any atom is -0.493 e. The van der Waals surface area contributed by atoms with Crippen LogP contribution in [-0.2, 0) is 14.3 Å². The van der Waals surface area contributed by atoms with Crippen LogP contribution >= 0.6 is 27.5 Å². The fourth-order valence-corrected chi connectivity index (χ4v) is 3.04. The van der Waals surface area contributed by atoms with Gasteiger partial charge in [0.1, 0.15) is 11.6 Å². The molecule has 2 rings (SSSR count). The SMILES string of the molecule is CCOC(=O)COc1c(Br)cc(/C=C(/C#N)C(=O)Nc2ccc(Cl)cc2)cc1OC. The Labute approximate surface area is 187 Å². The molecule has 156 valence electrons. The quantitative estimate of drug-likeness (QED) is 0.328. The van der Waals surface area contributed by atoms with Crippen molar-refractivity contribution >= 4 is 51.2 Å². The number of esters is 1. The molecule has 0 saturated carbocycles. The highest BCUT2D eigenvalue weighted by atomic mass is 79.9. The maximum absolute atomic E-state index is 12.4. The number of hydrogen-bond donors (Lipinski definition) is 1. The van der Waals surface area contributed by atoms with Gasteiger partial charge in [0.15, 0.2) is 18.1 Å². The number of amides is 1. The highest BCUT2D eigenvalue weighted by molar-refractivity contribution is 9.10. The second-order valence-electron chi connectivity index (χ2n) is 5.76. The molecule has 1 N–H and O–H groups in total. The van der Waals surface area contributed by atoms with E-state index in [1.54, 1.807) is 43.3 Å². The van der Waals surface area contributed by atoms with E-state index in [9.17, 15) is 14.9 Å². The number of ether oxygens (including phenoxy) is 3. The fraction of sp³-hybridized carbons (Fsp3) is 0.190. The van der Waals surface area contributed by atoms with Crippen LogP contribution in [0.5, 0.6) is 11.5 Å². The normalized spacial score (nSPS) is 10.7. The van der Waals surface area contributed by atoms with Crippen LogP contribution in [-0.4, -0.2) is 32.2 Å². The maximum Gasteiger partial charge on any atom is 0.344 e. The summed E-state index contributed by atoms with van der Waals surface area (Å²) in [5.74, 6) is -0.472. The van der Waals surface area contributed by atoms with Crippen molar-refractivity contribution in [3.8, 4) is 17.6 Å². The zero-order valence-corrected chi connectivity index (χ0v) is 18.5. The number of nitrogens with zero attached hydrogens (tertiary/aromatic N) is 1. The van der Waals surface area contributed by atoms with Crippen molar-refractivity contribution in [1.29, 1.82) is 5.26 Å². The average molecular weight is 494 g/mol. The summed E-state index contributed by atoms with van der Waals surface area (Å²) in [4.78, 5) is 23.9. The van der Waals surface area contributed by atoms with Crippen LogP contribution in [0.25, 0.3) is 6.08 Å². The van der Waals surface area contributed by atoms with E-state index in [1.165, 1.54) is 13.2 Å². The Morgan fingerprint density at radius 3 is 2.57 bits per heavy atom. The number of carbonyl (C=O) groups excluding carboxylic acids is 2. The van der Waals surface area contributed by atoms with Crippen LogP contribution in [0.3, 0.4) is 0 Å². The van der Waals surface area contributed by atoms with Gasteiger partial charge < -0.3 is 19.5 Å². The minimum atomic E-state index is -0.572. The molecule has 0 aliphatic rings. The van der Waals surface area contributed by atoms with Crippen LogP contribution in [0.15, 0.2) is 46.4 Å². The summed E-state index contributed by atoms with van der Waals surface area (Å²) in [5, 5.41) is 12.6. The Morgan fingerprint density at radius 1 is 1.27 bits per heavy atom. The summed E-state index contributed by atoms with van der Waals surface area (Å²) >= 11 is 9.18. The molecule has 0 aliphatic heterocycles. The lowest BCUT2D eigenvalue weighted by Crippen LogP contribution is -2.15. The van der Waals surface area contributed by atoms with E-state index in [2.05, 4.69) is 21.2 Å². The van der Waals surface area contributed by atoms with Gasteiger partial charge in [-0.3, -0.25) is 4.79 Å². The third-order valence-electron chi connectivity index (χ3n) is 3.67. The van der Waals surface area contributed by atoms with Crippen molar-refractivity contribution < 1.29 is 23.8 Å². The van der Waals surface area contributed by atoms with Crippen LogP contribution in [0.1, 0.15) is 12.5 Å². The van der Waals surface area contributed by atoms with Crippen LogP contribution in [0, 0.1) is 11.3 Å². The molecule has 0 bridgehead atoms. The van der Waals surface area contributed by atoms with E-state index in [0.717, 1.165) is 0 Å². The summed E-state index contributed by atoms with van der Waals surface area (Å²) < 4.78 is 16.1. The van der Waals surface area contributed by atoms with E-state index in [-0.39, 0.29) is 18.8 Å². The van der Waals surface area contributed by atoms with Gasteiger partial charge in [0.25, 0.3) is 5.91 Å². The molecule has 1 amide bonds. The van der Waals surface area contributed by atoms with Gasteiger partial charge in [-0.25, -0.2) is 4.79 Å². The summed E-state index contributed by atoms with van der Waals surface area (Å²) in [6, 6.07) is 11.6. The number of halogens is 2. The predicted octanol–water partition coefficient (Wildman–Crippen LogP) is 4.60. The molecule has 0 unspecified atom stereocenters. The number of nitrogens with one attached hydrogen (secondary N) is 1. The standard InChI is InChI=1S/C21H18BrClN2O5/c1-3-29-19(26)12-30-20-17(22)9-13(10-18(20)28-2)8-14(11-24)21(27)25-16-6-4-15(23)5-7-16/h4-10H,3,12H2,1-2H3,(H,25,27)/b14-8-. The van der Waals surface area contributed by atoms with E-state index >= 15 is 0 Å². The van der Waals surface area contributed by atoms with Crippen molar-refractivity contribution in [1.82, 2.24) is 0 Å². The summed E-state index contributed by atoms with van der Waals surface area (Å²) in [6.07, 6.45) is 1.41. The predicted molar refractivity (Wildman–Crippen MR) is 116 cm³/mol. The molecule has 2 aromatic carbocycles. The van der Waals surface area contributed by atoms with Crippen LogP contribution in [0.4, 0.5) is 5.69 Å². The Hall–Kier alpha value is -3.02. The first-order valence-corrected chi connectivity index (χ1v) is 9.89. The molecule has 30 heavy (non-hydrogen) atoms. The topological polar surface area (TPSA) is 97.7 Å². The monoisotopic (exact) mass is 492 g/mol. The molecular weight excluding hydrogens is 476 g/mol. The molecular formula is C21H18BrClN2O5. The largest absolute Gasteiger partial charge is 0.493 e. The average Bonchev–Trinajstić information content (AvgIpc) is 2.72. The van der Waals surface area contributed by atoms with Crippen molar-refractivity contribution in [2.45, 2.75) is 6.92 Å². The first kappa shape index (κ1) is 23.3. The van der Waals surface area contributed by atoms with E-state index < -0.39 is 11.9 Å². The molecule has 0 heterocycles. The minimum absolute atomic E-state index is 0.112. The molecule has 9 heteroatoms. The number of methoxy groups -OCH3 is 1. The van der Waals surface area contributed by atoms with Gasteiger partial charge in [-0.2, -0.15) is 5.26 Å². The third-order valence-corrected chi connectivity index (χ3v) is 4.51. The van der Waals surface area contributed by atoms with Gasteiger partial charge in [-0.05, 0) is 70.9 Å². The zero-order chi connectivity index (χ0) is 22.1. The number of rotatable bonds is 8. The summed E-state index contributed by atoms with van der Waals surface area (Å²) in [6.45, 7) is 1.66. The van der Waals surface area contributed by atoms with Gasteiger partial charge in [0, 0.05) is 10.7 Å². The Balaban J connectivity index is 2.24. The van der Waals surface area contributed by atoms with Crippen molar-refractivity contribution in [2.24, 2.45) is 0 Å². The van der Waals surface area contributed by atoms with Gasteiger partial charge in [-0.15, -0.1) is 0 Å². The van der Waals surface area contributed by atoms with Crippen molar-refractivity contribution in [3.63, 3.8) is 0 Å². The Kier molecular flexibility index (Phi) is 8.71. The maximum atomic E-state index is 12.4. The van der Waals surface area contributed by atoms with Crippen LogP contribution < -0.4 is 14.8 Å². The molecule has 0 aliphatic carbocycles. The number of carbonyl (C=O) groups is 2. The first-order chi connectivity index (χ1) is 14.4. The van der Waals surface area contributed by atoms with Crippen molar-refractivity contribution in [2.75, 3.05) is 25.6 Å². The summed E-state index contributed by atoms with van der Waals surface area (Å²) in [7, 11) is 1.44. The van der Waals surface area contributed by atoms with Crippen LogP contribution in [0.2, 0.25) is 5.02 Å².